The van der Waals surface area contributed by atoms with Gasteiger partial charge in [0.25, 0.3) is 5.91 Å². The molecule has 1 aromatic heterocycles. The Morgan fingerprint density at radius 2 is 1.91 bits per heavy atom. The number of aryl methyl sites for hydroxylation is 1. The molecular weight excluding hydrogens is 424 g/mol. The summed E-state index contributed by atoms with van der Waals surface area (Å²) in [6, 6.07) is 5.26. The molecule has 0 atom stereocenters. The van der Waals surface area contributed by atoms with Crippen LogP contribution in [0.4, 0.5) is 5.69 Å². The van der Waals surface area contributed by atoms with Gasteiger partial charge in [-0.05, 0) is 62.8 Å². The summed E-state index contributed by atoms with van der Waals surface area (Å²) in [7, 11) is 0. The van der Waals surface area contributed by atoms with Crippen molar-refractivity contribution in [3.05, 3.63) is 45.7 Å². The van der Waals surface area contributed by atoms with Crippen LogP contribution < -0.4 is 10.6 Å². The second-order valence-corrected chi connectivity index (χ2v) is 9.68. The fourth-order valence-corrected chi connectivity index (χ4v) is 4.57. The van der Waals surface area contributed by atoms with Gasteiger partial charge in [0, 0.05) is 30.4 Å². The van der Waals surface area contributed by atoms with E-state index in [1.165, 1.54) is 6.42 Å². The van der Waals surface area contributed by atoms with Gasteiger partial charge in [-0.2, -0.15) is 5.10 Å². The van der Waals surface area contributed by atoms with Crippen LogP contribution >= 0.6 is 11.6 Å². The molecule has 2 N–H and O–H groups in total. The summed E-state index contributed by atoms with van der Waals surface area (Å²) in [6.45, 7) is 9.26. The van der Waals surface area contributed by atoms with Crippen molar-refractivity contribution in [3.8, 4) is 0 Å². The van der Waals surface area contributed by atoms with E-state index in [0.717, 1.165) is 49.2 Å². The standard InChI is InChI=1S/C25H35ClN4O2/c1-16(2)15-30-18(4)21(17(3)29-30)11-13-24(31)27-20-10-12-23(26)22(14-20)25(32)28-19-8-6-5-7-9-19/h10,12,14,16,19H,5-9,11,13,15H2,1-4H3,(H,27,31)(H,28,32). The van der Waals surface area contributed by atoms with Crippen molar-refractivity contribution >= 4 is 29.1 Å². The molecule has 1 aliphatic carbocycles. The van der Waals surface area contributed by atoms with Crippen molar-refractivity contribution in [2.45, 2.75) is 85.2 Å². The number of nitrogens with zero attached hydrogens (tertiary/aromatic N) is 2. The first-order chi connectivity index (χ1) is 15.2. The lowest BCUT2D eigenvalue weighted by atomic mass is 9.95. The van der Waals surface area contributed by atoms with Crippen molar-refractivity contribution < 1.29 is 9.59 Å². The molecule has 0 bridgehead atoms. The van der Waals surface area contributed by atoms with Crippen LogP contribution in [0.5, 0.6) is 0 Å². The molecule has 7 heteroatoms. The van der Waals surface area contributed by atoms with Gasteiger partial charge in [0.05, 0.1) is 16.3 Å². The van der Waals surface area contributed by atoms with E-state index in [4.69, 9.17) is 11.6 Å². The normalized spacial score (nSPS) is 14.6. The van der Waals surface area contributed by atoms with Crippen molar-refractivity contribution in [1.29, 1.82) is 0 Å². The number of amides is 2. The predicted octanol–water partition coefficient (Wildman–Crippen LogP) is 5.44. The van der Waals surface area contributed by atoms with Gasteiger partial charge in [-0.3, -0.25) is 14.3 Å². The van der Waals surface area contributed by atoms with Crippen molar-refractivity contribution in [1.82, 2.24) is 15.1 Å². The maximum absolute atomic E-state index is 12.7. The van der Waals surface area contributed by atoms with Crippen LogP contribution in [0.25, 0.3) is 0 Å². The molecule has 0 spiro atoms. The van der Waals surface area contributed by atoms with E-state index < -0.39 is 0 Å². The van der Waals surface area contributed by atoms with Crippen LogP contribution in [-0.2, 0) is 17.8 Å². The number of aromatic nitrogens is 2. The van der Waals surface area contributed by atoms with Gasteiger partial charge in [-0.1, -0.05) is 44.7 Å². The fourth-order valence-electron chi connectivity index (χ4n) is 4.37. The Balaban J connectivity index is 1.60. The van der Waals surface area contributed by atoms with Crippen LogP contribution in [0, 0.1) is 19.8 Å². The van der Waals surface area contributed by atoms with Crippen molar-refractivity contribution in [3.63, 3.8) is 0 Å². The second-order valence-electron chi connectivity index (χ2n) is 9.28. The largest absolute Gasteiger partial charge is 0.349 e. The number of hydrogen-bond acceptors (Lipinski definition) is 3. The van der Waals surface area contributed by atoms with Crippen molar-refractivity contribution in [2.24, 2.45) is 5.92 Å². The molecule has 1 aliphatic rings. The third-order valence-electron chi connectivity index (χ3n) is 6.11. The van der Waals surface area contributed by atoms with Crippen LogP contribution in [-0.4, -0.2) is 27.6 Å². The van der Waals surface area contributed by atoms with Gasteiger partial charge in [-0.25, -0.2) is 0 Å². The van der Waals surface area contributed by atoms with Crippen LogP contribution in [0.2, 0.25) is 5.02 Å². The highest BCUT2D eigenvalue weighted by atomic mass is 35.5. The number of hydrogen-bond donors (Lipinski definition) is 2. The molecule has 3 rings (SSSR count). The molecule has 0 radical (unpaired) electrons. The maximum atomic E-state index is 12.7. The molecule has 1 fully saturated rings. The number of carbonyl (C=O) groups excluding carboxylic acids is 2. The van der Waals surface area contributed by atoms with E-state index in [1.54, 1.807) is 18.2 Å². The monoisotopic (exact) mass is 458 g/mol. The van der Waals surface area contributed by atoms with Gasteiger partial charge < -0.3 is 10.6 Å². The number of nitrogens with one attached hydrogen (secondary N) is 2. The minimum atomic E-state index is -0.179. The summed E-state index contributed by atoms with van der Waals surface area (Å²) >= 11 is 6.28. The highest BCUT2D eigenvalue weighted by molar-refractivity contribution is 6.34. The van der Waals surface area contributed by atoms with Gasteiger partial charge >= 0.3 is 0 Å². The summed E-state index contributed by atoms with van der Waals surface area (Å²) in [5, 5.41) is 11.0. The smallest absolute Gasteiger partial charge is 0.253 e. The van der Waals surface area contributed by atoms with E-state index in [2.05, 4.69) is 36.5 Å². The number of benzene rings is 1. The topological polar surface area (TPSA) is 76.0 Å². The van der Waals surface area contributed by atoms with E-state index in [0.29, 0.717) is 35.0 Å². The third kappa shape index (κ3) is 6.35. The maximum Gasteiger partial charge on any atom is 0.253 e. The molecule has 0 aliphatic heterocycles. The molecule has 32 heavy (non-hydrogen) atoms. The predicted molar refractivity (Wildman–Crippen MR) is 129 cm³/mol. The first kappa shape index (κ1) is 24.3. The van der Waals surface area contributed by atoms with Crippen molar-refractivity contribution in [2.75, 3.05) is 5.32 Å². The third-order valence-corrected chi connectivity index (χ3v) is 6.44. The van der Waals surface area contributed by atoms with E-state index in [-0.39, 0.29) is 17.9 Å². The highest BCUT2D eigenvalue weighted by Crippen LogP contribution is 2.23. The second kappa shape index (κ2) is 11.0. The average Bonchev–Trinajstić information content (AvgIpc) is 3.00. The molecule has 2 amide bonds. The lowest BCUT2D eigenvalue weighted by Gasteiger charge is -2.23. The fraction of sp³-hybridized carbons (Fsp3) is 0.560. The molecular formula is C25H35ClN4O2. The Labute approximate surface area is 196 Å². The summed E-state index contributed by atoms with van der Waals surface area (Å²) < 4.78 is 2.03. The zero-order valence-electron chi connectivity index (χ0n) is 19.6. The lowest BCUT2D eigenvalue weighted by Crippen LogP contribution is -2.36. The first-order valence-electron chi connectivity index (χ1n) is 11.7. The molecule has 6 nitrogen and oxygen atoms in total. The minimum absolute atomic E-state index is 0.0960. The molecule has 174 valence electrons. The Morgan fingerprint density at radius 3 is 2.59 bits per heavy atom. The molecule has 1 heterocycles. The summed E-state index contributed by atoms with van der Waals surface area (Å²) in [6.07, 6.45) is 6.50. The Hall–Kier alpha value is -2.34. The molecule has 0 unspecified atom stereocenters. The Kier molecular flexibility index (Phi) is 8.35. The molecule has 1 aromatic carbocycles. The highest BCUT2D eigenvalue weighted by Gasteiger charge is 2.19. The van der Waals surface area contributed by atoms with Gasteiger partial charge in [0.2, 0.25) is 5.91 Å². The van der Waals surface area contributed by atoms with E-state index in [1.807, 2.05) is 11.6 Å². The molecule has 1 saturated carbocycles. The Morgan fingerprint density at radius 1 is 1.19 bits per heavy atom. The average molecular weight is 459 g/mol. The summed E-state index contributed by atoms with van der Waals surface area (Å²) in [4.78, 5) is 25.3. The van der Waals surface area contributed by atoms with Gasteiger partial charge in [-0.15, -0.1) is 0 Å². The summed E-state index contributed by atoms with van der Waals surface area (Å²) in [5.41, 5.74) is 4.21. The van der Waals surface area contributed by atoms with Gasteiger partial charge in [0.1, 0.15) is 0 Å². The van der Waals surface area contributed by atoms with Crippen LogP contribution in [0.3, 0.4) is 0 Å². The Bertz CT molecular complexity index is 961. The molecule has 0 saturated heterocycles. The number of halogens is 1. The number of anilines is 1. The van der Waals surface area contributed by atoms with Crippen LogP contribution in [0.1, 0.15) is 79.7 Å². The lowest BCUT2D eigenvalue weighted by molar-refractivity contribution is -0.116. The van der Waals surface area contributed by atoms with E-state index >= 15 is 0 Å². The zero-order valence-corrected chi connectivity index (χ0v) is 20.4. The quantitative estimate of drug-likeness (QED) is 0.552. The number of rotatable bonds is 8. The van der Waals surface area contributed by atoms with E-state index in [9.17, 15) is 9.59 Å². The minimum Gasteiger partial charge on any atom is -0.349 e. The van der Waals surface area contributed by atoms with Gasteiger partial charge in [0.15, 0.2) is 0 Å². The first-order valence-corrected chi connectivity index (χ1v) is 12.1. The zero-order chi connectivity index (χ0) is 23.3. The number of carbonyl (C=O) groups is 2. The van der Waals surface area contributed by atoms with Crippen LogP contribution in [0.15, 0.2) is 18.2 Å². The SMILES string of the molecule is Cc1nn(CC(C)C)c(C)c1CCC(=O)Nc1ccc(Cl)c(C(=O)NC2CCCCC2)c1. The molecule has 2 aromatic rings. The summed E-state index contributed by atoms with van der Waals surface area (Å²) in [5.74, 6) is 0.238.